The summed E-state index contributed by atoms with van der Waals surface area (Å²) in [5, 5.41) is 7.95. The van der Waals surface area contributed by atoms with Crippen LogP contribution < -0.4 is 0 Å². The van der Waals surface area contributed by atoms with Gasteiger partial charge in [0.2, 0.25) is 0 Å². The van der Waals surface area contributed by atoms with Gasteiger partial charge >= 0.3 is 5.97 Å². The van der Waals surface area contributed by atoms with Crippen LogP contribution >= 0.6 is 11.8 Å². The molecule has 70 valence electrons. The van der Waals surface area contributed by atoms with Crippen LogP contribution in [0.15, 0.2) is 11.0 Å². The third kappa shape index (κ3) is 1.89. The summed E-state index contributed by atoms with van der Waals surface area (Å²) < 4.78 is 0. The van der Waals surface area contributed by atoms with E-state index in [1.54, 1.807) is 6.92 Å². The molecule has 1 aliphatic heterocycles. The molecule has 0 unspecified atom stereocenters. The maximum Gasteiger partial charge on any atom is 0.329 e. The van der Waals surface area contributed by atoms with Crippen molar-refractivity contribution in [3.05, 3.63) is 11.0 Å². The molecule has 1 N–H and O–H groups in total. The van der Waals surface area contributed by atoms with Crippen molar-refractivity contribution < 1.29 is 19.5 Å². The largest absolute Gasteiger partial charge is 0.478 e. The number of thioether (sulfide) groups is 1. The molecule has 1 heterocycles. The average Bonchev–Trinajstić information content (AvgIpc) is 2.26. The molecule has 1 aliphatic rings. The van der Waals surface area contributed by atoms with Crippen LogP contribution in [0, 0.1) is 0 Å². The van der Waals surface area contributed by atoms with Gasteiger partial charge in [-0.25, -0.2) is 4.79 Å². The van der Waals surface area contributed by atoms with E-state index < -0.39 is 17.1 Å². The molecular formula is C7H7NO4S. The normalized spacial score (nSPS) is 20.1. The van der Waals surface area contributed by atoms with Gasteiger partial charge in [0.15, 0.2) is 0 Å². The molecule has 5 nitrogen and oxygen atoms in total. The van der Waals surface area contributed by atoms with E-state index in [9.17, 15) is 14.4 Å². The number of carboxylic acids is 1. The Morgan fingerprint density at radius 3 is 2.62 bits per heavy atom. The average molecular weight is 201 g/mol. The van der Waals surface area contributed by atoms with Gasteiger partial charge in [-0.15, -0.1) is 0 Å². The number of hydrogen-bond acceptors (Lipinski definition) is 4. The Kier molecular flexibility index (Phi) is 2.72. The molecule has 0 aromatic rings. The second-order valence-electron chi connectivity index (χ2n) is 2.26. The first-order valence-corrected chi connectivity index (χ1v) is 4.36. The first-order chi connectivity index (χ1) is 6.06. The summed E-state index contributed by atoms with van der Waals surface area (Å²) in [6.45, 7) is 1.92. The minimum absolute atomic E-state index is 0.0284. The molecule has 0 spiro atoms. The van der Waals surface area contributed by atoms with E-state index in [1.807, 2.05) is 0 Å². The first kappa shape index (κ1) is 9.79. The van der Waals surface area contributed by atoms with E-state index in [0.29, 0.717) is 11.8 Å². The molecular weight excluding hydrogens is 194 g/mol. The van der Waals surface area contributed by atoms with Crippen LogP contribution in [0.2, 0.25) is 0 Å². The van der Waals surface area contributed by atoms with Crippen LogP contribution in [0.25, 0.3) is 0 Å². The lowest BCUT2D eigenvalue weighted by atomic mass is 10.4. The Balaban J connectivity index is 2.91. The molecule has 1 saturated heterocycles. The van der Waals surface area contributed by atoms with Crippen LogP contribution in [0.3, 0.4) is 0 Å². The smallest absolute Gasteiger partial charge is 0.329 e. The quantitative estimate of drug-likeness (QED) is 0.664. The van der Waals surface area contributed by atoms with Crippen molar-refractivity contribution in [2.24, 2.45) is 0 Å². The van der Waals surface area contributed by atoms with Gasteiger partial charge in [0, 0.05) is 12.6 Å². The topological polar surface area (TPSA) is 74.7 Å². The summed E-state index contributed by atoms with van der Waals surface area (Å²) in [7, 11) is 0. The van der Waals surface area contributed by atoms with Gasteiger partial charge in [-0.3, -0.25) is 14.5 Å². The summed E-state index contributed by atoms with van der Waals surface area (Å²) in [5.41, 5.74) is 0. The molecule has 2 amide bonds. The van der Waals surface area contributed by atoms with Crippen LogP contribution in [0.4, 0.5) is 4.79 Å². The molecule has 1 rings (SSSR count). The van der Waals surface area contributed by atoms with Gasteiger partial charge in [-0.1, -0.05) is 0 Å². The molecule has 0 atom stereocenters. The zero-order chi connectivity index (χ0) is 10.0. The van der Waals surface area contributed by atoms with Crippen LogP contribution in [0.5, 0.6) is 0 Å². The van der Waals surface area contributed by atoms with E-state index in [2.05, 4.69) is 0 Å². The minimum Gasteiger partial charge on any atom is -0.478 e. The SMILES string of the molecule is CCN1C(=O)S/C(=C\C(=O)O)C1=O. The van der Waals surface area contributed by atoms with E-state index in [0.717, 1.165) is 11.0 Å². The van der Waals surface area contributed by atoms with E-state index in [-0.39, 0.29) is 11.4 Å². The van der Waals surface area contributed by atoms with Crippen molar-refractivity contribution in [1.29, 1.82) is 0 Å². The minimum atomic E-state index is -1.22. The van der Waals surface area contributed by atoms with E-state index in [1.165, 1.54) is 0 Å². The summed E-state index contributed by atoms with van der Waals surface area (Å²) in [6.07, 6.45) is 0.751. The second kappa shape index (κ2) is 3.61. The molecule has 0 aromatic carbocycles. The summed E-state index contributed by atoms with van der Waals surface area (Å²) in [5.74, 6) is -1.75. The number of carbonyl (C=O) groups is 3. The van der Waals surface area contributed by atoms with Crippen LogP contribution in [-0.4, -0.2) is 33.7 Å². The van der Waals surface area contributed by atoms with E-state index >= 15 is 0 Å². The fourth-order valence-electron chi connectivity index (χ4n) is 0.885. The number of carbonyl (C=O) groups excluding carboxylic acids is 2. The van der Waals surface area contributed by atoms with Crippen LogP contribution in [0.1, 0.15) is 6.92 Å². The molecule has 0 bridgehead atoms. The highest BCUT2D eigenvalue weighted by Crippen LogP contribution is 2.29. The number of nitrogens with zero attached hydrogens (tertiary/aromatic N) is 1. The van der Waals surface area contributed by atoms with Gasteiger partial charge in [-0.2, -0.15) is 0 Å². The third-order valence-corrected chi connectivity index (χ3v) is 2.35. The van der Waals surface area contributed by atoms with Crippen molar-refractivity contribution in [2.75, 3.05) is 6.54 Å². The molecule has 0 aliphatic carbocycles. The lowest BCUT2D eigenvalue weighted by molar-refractivity contribution is -0.132. The Morgan fingerprint density at radius 2 is 2.23 bits per heavy atom. The van der Waals surface area contributed by atoms with E-state index in [4.69, 9.17) is 5.11 Å². The number of hydrogen-bond donors (Lipinski definition) is 1. The fourth-order valence-corrected chi connectivity index (χ4v) is 1.75. The number of amides is 2. The van der Waals surface area contributed by atoms with Gasteiger partial charge in [0.1, 0.15) is 0 Å². The fraction of sp³-hybridized carbons (Fsp3) is 0.286. The highest BCUT2D eigenvalue weighted by molar-refractivity contribution is 8.18. The highest BCUT2D eigenvalue weighted by Gasteiger charge is 2.34. The third-order valence-electron chi connectivity index (χ3n) is 1.44. The molecule has 13 heavy (non-hydrogen) atoms. The molecule has 0 radical (unpaired) electrons. The monoisotopic (exact) mass is 201 g/mol. The second-order valence-corrected chi connectivity index (χ2v) is 3.26. The maximum absolute atomic E-state index is 11.2. The zero-order valence-electron chi connectivity index (χ0n) is 6.81. The van der Waals surface area contributed by atoms with Crippen molar-refractivity contribution in [1.82, 2.24) is 4.90 Å². The Morgan fingerprint density at radius 1 is 1.62 bits per heavy atom. The van der Waals surface area contributed by atoms with Crippen molar-refractivity contribution in [3.63, 3.8) is 0 Å². The van der Waals surface area contributed by atoms with Crippen molar-refractivity contribution in [3.8, 4) is 0 Å². The number of aliphatic carboxylic acids is 1. The number of likely N-dealkylation sites (N-methyl/N-ethyl adjacent to an activating group) is 1. The standard InChI is InChI=1S/C7H7NO4S/c1-2-8-6(11)4(3-5(9)10)13-7(8)12/h3H,2H2,1H3,(H,9,10)/b4-3-. The Bertz CT molecular complexity index is 310. The highest BCUT2D eigenvalue weighted by atomic mass is 32.2. The number of rotatable bonds is 2. The molecule has 0 aromatic heterocycles. The zero-order valence-corrected chi connectivity index (χ0v) is 7.63. The maximum atomic E-state index is 11.2. The summed E-state index contributed by atoms with van der Waals surface area (Å²) in [4.78, 5) is 33.5. The van der Waals surface area contributed by atoms with Crippen molar-refractivity contribution >= 4 is 28.9 Å². The van der Waals surface area contributed by atoms with Gasteiger partial charge < -0.3 is 5.11 Å². The Labute approximate surface area is 78.4 Å². The molecule has 1 fully saturated rings. The van der Waals surface area contributed by atoms with Gasteiger partial charge in [0.05, 0.1) is 4.91 Å². The van der Waals surface area contributed by atoms with Crippen molar-refractivity contribution in [2.45, 2.75) is 6.92 Å². The van der Waals surface area contributed by atoms with Gasteiger partial charge in [0.25, 0.3) is 11.1 Å². The Hall–Kier alpha value is -1.30. The number of carboxylic acid groups (broad SMARTS) is 1. The first-order valence-electron chi connectivity index (χ1n) is 3.54. The molecule has 6 heteroatoms. The lowest BCUT2D eigenvalue weighted by Gasteiger charge is -2.06. The predicted molar refractivity (Wildman–Crippen MR) is 46.1 cm³/mol. The lowest BCUT2D eigenvalue weighted by Crippen LogP contribution is -2.27. The van der Waals surface area contributed by atoms with Crippen LogP contribution in [-0.2, 0) is 9.59 Å². The predicted octanol–water partition coefficient (Wildman–Crippen LogP) is 0.670. The molecule has 0 saturated carbocycles. The van der Waals surface area contributed by atoms with Gasteiger partial charge in [-0.05, 0) is 18.7 Å². The summed E-state index contributed by atoms with van der Waals surface area (Å²) >= 11 is 0.652. The summed E-state index contributed by atoms with van der Waals surface area (Å²) in [6, 6.07) is 0. The number of imide groups is 1.